The molecule has 0 amide bonds. The van der Waals surface area contributed by atoms with E-state index < -0.39 is 0 Å². The molecule has 0 heterocycles. The summed E-state index contributed by atoms with van der Waals surface area (Å²) in [6.07, 6.45) is 14.0. The van der Waals surface area contributed by atoms with Crippen molar-refractivity contribution in [1.82, 2.24) is 0 Å². The van der Waals surface area contributed by atoms with Crippen molar-refractivity contribution in [2.24, 2.45) is 0 Å². The van der Waals surface area contributed by atoms with Gasteiger partial charge in [0, 0.05) is 0 Å². The maximum Gasteiger partial charge on any atom is 0.0715 e. The van der Waals surface area contributed by atoms with Crippen molar-refractivity contribution >= 4 is 5.57 Å². The van der Waals surface area contributed by atoms with Crippen LogP contribution in [0.25, 0.3) is 5.57 Å². The van der Waals surface area contributed by atoms with Crippen molar-refractivity contribution in [2.75, 3.05) is 0 Å². The number of allylic oxidation sites excluding steroid dienone is 12. The minimum absolute atomic E-state index is 0.262. The number of hydrogen-bond donors (Lipinski definition) is 0. The lowest BCUT2D eigenvalue weighted by atomic mass is 9.69. The van der Waals surface area contributed by atoms with Gasteiger partial charge in [-0.3, -0.25) is 0 Å². The molecule has 26 heavy (non-hydrogen) atoms. The summed E-state index contributed by atoms with van der Waals surface area (Å²) in [6, 6.07) is 8.84. The first-order valence-electron chi connectivity index (χ1n) is 9.43. The van der Waals surface area contributed by atoms with Gasteiger partial charge in [0.2, 0.25) is 0 Å². The average molecular weight is 341 g/mol. The van der Waals surface area contributed by atoms with E-state index in [0.717, 1.165) is 12.0 Å². The van der Waals surface area contributed by atoms with Gasteiger partial charge in [-0.25, -0.2) is 0 Å². The molecule has 0 heteroatoms. The Labute approximate surface area is 158 Å². The van der Waals surface area contributed by atoms with Crippen LogP contribution >= 0.6 is 0 Å². The molecule has 0 aliphatic heterocycles. The number of benzene rings is 1. The van der Waals surface area contributed by atoms with E-state index in [1.807, 2.05) is 12.2 Å². The van der Waals surface area contributed by atoms with E-state index >= 15 is 0 Å². The Kier molecular flexibility index (Phi) is 4.87. The van der Waals surface area contributed by atoms with Crippen LogP contribution in [0.15, 0.2) is 102 Å². The summed E-state index contributed by atoms with van der Waals surface area (Å²) in [4.78, 5) is 0. The van der Waals surface area contributed by atoms with Crippen LogP contribution in [-0.2, 0) is 5.41 Å². The highest BCUT2D eigenvalue weighted by atomic mass is 14.5. The third-order valence-electron chi connectivity index (χ3n) is 5.69. The molecular weight excluding hydrogens is 312 g/mol. The second-order valence-corrected chi connectivity index (χ2v) is 6.84. The van der Waals surface area contributed by atoms with Gasteiger partial charge in [0.15, 0.2) is 0 Å². The van der Waals surface area contributed by atoms with Crippen LogP contribution in [0.5, 0.6) is 0 Å². The fraction of sp³-hybridized carbons (Fsp3) is 0.231. The van der Waals surface area contributed by atoms with Crippen molar-refractivity contribution in [3.8, 4) is 0 Å². The maximum absolute atomic E-state index is 4.44. The molecule has 0 nitrogen and oxygen atoms in total. The van der Waals surface area contributed by atoms with E-state index in [4.69, 9.17) is 0 Å². The molecule has 0 radical (unpaired) electrons. The van der Waals surface area contributed by atoms with E-state index in [2.05, 4.69) is 89.4 Å². The Bertz CT molecular complexity index is 925. The summed E-state index contributed by atoms with van der Waals surface area (Å²) in [5.41, 5.74) is 10.2. The Morgan fingerprint density at radius 1 is 1.08 bits per heavy atom. The largest absolute Gasteiger partial charge is 0.0991 e. The van der Waals surface area contributed by atoms with Crippen LogP contribution in [0.3, 0.4) is 0 Å². The predicted molar refractivity (Wildman–Crippen MR) is 115 cm³/mol. The first-order chi connectivity index (χ1) is 12.6. The monoisotopic (exact) mass is 340 g/mol. The van der Waals surface area contributed by atoms with Gasteiger partial charge < -0.3 is 0 Å². The summed E-state index contributed by atoms with van der Waals surface area (Å²) in [7, 11) is 0. The second-order valence-electron chi connectivity index (χ2n) is 6.84. The number of hydrogen-bond acceptors (Lipinski definition) is 0. The molecule has 1 spiro atoms. The quantitative estimate of drug-likeness (QED) is 0.508. The molecular formula is C26H28. The predicted octanol–water partition coefficient (Wildman–Crippen LogP) is 7.25. The van der Waals surface area contributed by atoms with Crippen molar-refractivity contribution in [3.63, 3.8) is 0 Å². The third-order valence-corrected chi connectivity index (χ3v) is 5.69. The Morgan fingerprint density at radius 2 is 1.77 bits per heavy atom. The lowest BCUT2D eigenvalue weighted by Gasteiger charge is -2.32. The number of fused-ring (bicyclic) bond motifs is 2. The SMILES string of the molecule is C=C/C=C\C1=C(C)C(=C)/C(=C\C)C12C(=C/C)/C(=C\CC)c1ccccc12. The molecule has 3 rings (SSSR count). The minimum Gasteiger partial charge on any atom is -0.0991 e. The molecule has 1 atom stereocenters. The van der Waals surface area contributed by atoms with Gasteiger partial charge in [0.05, 0.1) is 5.41 Å². The van der Waals surface area contributed by atoms with Crippen molar-refractivity contribution < 1.29 is 0 Å². The molecule has 1 aromatic rings. The lowest BCUT2D eigenvalue weighted by Crippen LogP contribution is -2.27. The first kappa shape index (κ1) is 18.2. The molecule has 132 valence electrons. The molecule has 0 saturated heterocycles. The zero-order valence-corrected chi connectivity index (χ0v) is 16.4. The topological polar surface area (TPSA) is 0 Å². The molecule has 1 aromatic carbocycles. The van der Waals surface area contributed by atoms with Crippen molar-refractivity contribution in [2.45, 2.75) is 39.5 Å². The van der Waals surface area contributed by atoms with E-state index in [-0.39, 0.29) is 5.41 Å². The molecule has 0 saturated carbocycles. The summed E-state index contributed by atoms with van der Waals surface area (Å²) < 4.78 is 0. The Hall–Kier alpha value is -2.60. The molecule has 0 aromatic heterocycles. The first-order valence-corrected chi connectivity index (χ1v) is 9.43. The fourth-order valence-corrected chi connectivity index (χ4v) is 4.74. The minimum atomic E-state index is -0.262. The van der Waals surface area contributed by atoms with Crippen molar-refractivity contribution in [1.29, 1.82) is 0 Å². The molecule has 2 aliphatic carbocycles. The molecule has 0 fully saturated rings. The molecule has 0 bridgehead atoms. The fourth-order valence-electron chi connectivity index (χ4n) is 4.74. The Balaban J connectivity index is 2.50. The zero-order chi connectivity index (χ0) is 18.9. The van der Waals surface area contributed by atoms with Crippen LogP contribution < -0.4 is 0 Å². The van der Waals surface area contributed by atoms with Crippen LogP contribution in [0.1, 0.15) is 45.2 Å². The standard InChI is InChI=1S/C26H28/c1-7-11-16-24-19(6)18(5)22(9-3)26(24)23(10-4)20(14-8-2)21-15-12-13-17-25(21)26/h7,9-17H,1,5,8H2,2-4,6H3/b16-11-,20-14-,22-9+,23-10+. The van der Waals surface area contributed by atoms with Gasteiger partial charge >= 0.3 is 0 Å². The highest BCUT2D eigenvalue weighted by molar-refractivity contribution is 5.97. The summed E-state index contributed by atoms with van der Waals surface area (Å²) in [5, 5.41) is 0. The van der Waals surface area contributed by atoms with E-state index in [0.29, 0.717) is 0 Å². The molecule has 1 unspecified atom stereocenters. The maximum atomic E-state index is 4.44. The zero-order valence-electron chi connectivity index (χ0n) is 16.4. The molecule has 2 aliphatic rings. The lowest BCUT2D eigenvalue weighted by molar-refractivity contribution is 0.779. The van der Waals surface area contributed by atoms with Crippen molar-refractivity contribution in [3.05, 3.63) is 113 Å². The van der Waals surface area contributed by atoms with Crippen LogP contribution in [0.2, 0.25) is 0 Å². The summed E-state index contributed by atoms with van der Waals surface area (Å²) >= 11 is 0. The average Bonchev–Trinajstić information content (AvgIpc) is 3.04. The number of rotatable bonds is 3. The van der Waals surface area contributed by atoms with E-state index in [1.165, 1.54) is 39.0 Å². The summed E-state index contributed by atoms with van der Waals surface area (Å²) in [5.74, 6) is 0. The van der Waals surface area contributed by atoms with Gasteiger partial charge in [0.1, 0.15) is 0 Å². The second kappa shape index (κ2) is 6.96. The highest BCUT2D eigenvalue weighted by Gasteiger charge is 2.53. The normalized spacial score (nSPS) is 26.9. The van der Waals surface area contributed by atoms with Gasteiger partial charge in [-0.05, 0) is 71.8 Å². The van der Waals surface area contributed by atoms with Crippen LogP contribution in [0.4, 0.5) is 0 Å². The van der Waals surface area contributed by atoms with E-state index in [9.17, 15) is 0 Å². The van der Waals surface area contributed by atoms with Gasteiger partial charge in [-0.15, -0.1) is 0 Å². The van der Waals surface area contributed by atoms with Gasteiger partial charge in [-0.2, -0.15) is 0 Å². The van der Waals surface area contributed by atoms with E-state index in [1.54, 1.807) is 0 Å². The van der Waals surface area contributed by atoms with Crippen LogP contribution in [0, 0.1) is 0 Å². The summed E-state index contributed by atoms with van der Waals surface area (Å²) in [6.45, 7) is 17.0. The van der Waals surface area contributed by atoms with Gasteiger partial charge in [-0.1, -0.05) is 80.8 Å². The smallest absolute Gasteiger partial charge is 0.0715 e. The third kappa shape index (κ3) is 2.22. The van der Waals surface area contributed by atoms with Crippen LogP contribution in [-0.4, -0.2) is 0 Å². The Morgan fingerprint density at radius 3 is 2.38 bits per heavy atom. The molecule has 0 N–H and O–H groups in total. The highest BCUT2D eigenvalue weighted by Crippen LogP contribution is 2.63. The van der Waals surface area contributed by atoms with Gasteiger partial charge in [0.25, 0.3) is 0 Å².